The third-order valence-corrected chi connectivity index (χ3v) is 6.85. The van der Waals surface area contributed by atoms with E-state index in [2.05, 4.69) is 36.4 Å². The Kier molecular flexibility index (Phi) is 3.84. The molecule has 2 aromatic rings. The molecule has 0 bridgehead atoms. The topological polar surface area (TPSA) is 38.7 Å². The number of rotatable bonds is 2. The third-order valence-electron chi connectivity index (χ3n) is 6.85. The van der Waals surface area contributed by atoms with Crippen molar-refractivity contribution in [3.63, 3.8) is 0 Å². The highest BCUT2D eigenvalue weighted by atomic mass is 16.7. The summed E-state index contributed by atoms with van der Waals surface area (Å²) in [6.45, 7) is 1.45. The zero-order chi connectivity index (χ0) is 17.6. The van der Waals surface area contributed by atoms with Gasteiger partial charge in [-0.05, 0) is 60.4 Å². The second-order valence-electron chi connectivity index (χ2n) is 8.21. The van der Waals surface area contributed by atoms with Crippen LogP contribution in [0.2, 0.25) is 0 Å². The van der Waals surface area contributed by atoms with Crippen LogP contribution < -0.4 is 0 Å². The van der Waals surface area contributed by atoms with Gasteiger partial charge >= 0.3 is 0 Å². The average molecular weight is 350 g/mol. The average Bonchev–Trinajstić information content (AvgIpc) is 3.11. The first-order valence-electron chi connectivity index (χ1n) is 9.83. The fourth-order valence-electron chi connectivity index (χ4n) is 5.67. The van der Waals surface area contributed by atoms with E-state index in [9.17, 15) is 5.11 Å². The van der Waals surface area contributed by atoms with Crippen molar-refractivity contribution >= 4 is 0 Å². The Balaban J connectivity index is 1.58. The van der Waals surface area contributed by atoms with Gasteiger partial charge in [-0.2, -0.15) is 0 Å². The van der Waals surface area contributed by atoms with Gasteiger partial charge in [0.25, 0.3) is 0 Å². The second-order valence-corrected chi connectivity index (χ2v) is 8.21. The smallest absolute Gasteiger partial charge is 0.168 e. The lowest BCUT2D eigenvalue weighted by atomic mass is 9.54. The molecule has 2 aliphatic carbocycles. The molecule has 1 saturated heterocycles. The maximum Gasteiger partial charge on any atom is 0.168 e. The standard InChI is InChI=1S/C23H26O3/c24-20-8-9-21-18(14-20)6-7-19-16-23(25-12-13-26-23)11-10-22(19,21)15-17-4-2-1-3-5-17/h1-5,8-9,14,19,24H,6-7,10-13,15-16H2/t19-,22+/m1/s1. The highest BCUT2D eigenvalue weighted by Crippen LogP contribution is 2.56. The van der Waals surface area contributed by atoms with Gasteiger partial charge in [-0.1, -0.05) is 36.4 Å². The van der Waals surface area contributed by atoms with Crippen molar-refractivity contribution in [1.82, 2.24) is 0 Å². The first kappa shape index (κ1) is 16.3. The molecule has 0 amide bonds. The molecule has 1 heterocycles. The van der Waals surface area contributed by atoms with E-state index in [1.165, 1.54) is 16.7 Å². The zero-order valence-electron chi connectivity index (χ0n) is 15.1. The number of aryl methyl sites for hydroxylation is 1. The summed E-state index contributed by atoms with van der Waals surface area (Å²) < 4.78 is 12.1. The van der Waals surface area contributed by atoms with E-state index in [1.807, 2.05) is 12.1 Å². The van der Waals surface area contributed by atoms with E-state index in [0.717, 1.165) is 51.7 Å². The number of ether oxygens (including phenoxy) is 2. The van der Waals surface area contributed by atoms with Gasteiger partial charge in [-0.3, -0.25) is 0 Å². The van der Waals surface area contributed by atoms with E-state index in [-0.39, 0.29) is 11.2 Å². The van der Waals surface area contributed by atoms with Crippen LogP contribution in [-0.4, -0.2) is 24.1 Å². The summed E-state index contributed by atoms with van der Waals surface area (Å²) in [4.78, 5) is 0. The van der Waals surface area contributed by atoms with Crippen LogP contribution in [0.25, 0.3) is 0 Å². The maximum absolute atomic E-state index is 9.99. The highest BCUT2D eigenvalue weighted by molar-refractivity contribution is 5.44. The summed E-state index contributed by atoms with van der Waals surface area (Å²) >= 11 is 0. The van der Waals surface area contributed by atoms with E-state index in [1.54, 1.807) is 0 Å². The van der Waals surface area contributed by atoms with Crippen molar-refractivity contribution in [1.29, 1.82) is 0 Å². The summed E-state index contributed by atoms with van der Waals surface area (Å²) in [6, 6.07) is 16.9. The Morgan fingerprint density at radius 1 is 1.00 bits per heavy atom. The van der Waals surface area contributed by atoms with Crippen LogP contribution >= 0.6 is 0 Å². The van der Waals surface area contributed by atoms with Crippen molar-refractivity contribution in [2.24, 2.45) is 5.92 Å². The minimum Gasteiger partial charge on any atom is -0.508 e. The molecule has 1 aliphatic heterocycles. The molecule has 3 aliphatic rings. The third kappa shape index (κ3) is 2.57. The molecule has 3 heteroatoms. The SMILES string of the molecule is Oc1ccc2c(c1)CC[C@@H]1CC3(CC[C@@]21Cc1ccccc1)OCCO3. The van der Waals surface area contributed by atoms with Crippen molar-refractivity contribution in [2.75, 3.05) is 13.2 Å². The minimum absolute atomic E-state index is 0.114. The molecule has 2 atom stereocenters. The van der Waals surface area contributed by atoms with Crippen molar-refractivity contribution in [2.45, 2.75) is 49.7 Å². The minimum atomic E-state index is -0.348. The van der Waals surface area contributed by atoms with E-state index in [0.29, 0.717) is 11.7 Å². The summed E-state index contributed by atoms with van der Waals surface area (Å²) in [5.74, 6) is 0.581. The molecule has 1 spiro atoms. The van der Waals surface area contributed by atoms with Gasteiger partial charge in [-0.25, -0.2) is 0 Å². The molecule has 3 nitrogen and oxygen atoms in total. The molecule has 26 heavy (non-hydrogen) atoms. The quantitative estimate of drug-likeness (QED) is 0.874. The number of aromatic hydroxyl groups is 1. The fourth-order valence-corrected chi connectivity index (χ4v) is 5.67. The van der Waals surface area contributed by atoms with Gasteiger partial charge in [0.05, 0.1) is 13.2 Å². The second kappa shape index (κ2) is 6.11. The van der Waals surface area contributed by atoms with Gasteiger partial charge in [0, 0.05) is 18.3 Å². The summed E-state index contributed by atoms with van der Waals surface area (Å²) in [5, 5.41) is 9.99. The first-order valence-corrected chi connectivity index (χ1v) is 9.83. The molecule has 2 fully saturated rings. The van der Waals surface area contributed by atoms with Crippen molar-refractivity contribution in [3.05, 3.63) is 65.2 Å². The summed E-state index contributed by atoms with van der Waals surface area (Å²) in [7, 11) is 0. The molecule has 0 aromatic heterocycles. The van der Waals surface area contributed by atoms with E-state index < -0.39 is 0 Å². The van der Waals surface area contributed by atoms with Gasteiger partial charge in [0.2, 0.25) is 0 Å². The number of fused-ring (bicyclic) bond motifs is 3. The summed E-state index contributed by atoms with van der Waals surface area (Å²) in [5.41, 5.74) is 4.26. The Bertz CT molecular complexity index is 794. The van der Waals surface area contributed by atoms with Crippen LogP contribution in [0.3, 0.4) is 0 Å². The molecule has 1 saturated carbocycles. The Morgan fingerprint density at radius 3 is 2.62 bits per heavy atom. The predicted octanol–water partition coefficient (Wildman–Crippen LogP) is 4.36. The molecule has 0 unspecified atom stereocenters. The van der Waals surface area contributed by atoms with Crippen molar-refractivity contribution in [3.8, 4) is 5.75 Å². The molecule has 0 radical (unpaired) electrons. The summed E-state index contributed by atoms with van der Waals surface area (Å²) in [6.07, 6.45) is 6.23. The lowest BCUT2D eigenvalue weighted by molar-refractivity contribution is -0.200. The van der Waals surface area contributed by atoms with Crippen LogP contribution in [0.15, 0.2) is 48.5 Å². The lowest BCUT2D eigenvalue weighted by Gasteiger charge is -2.53. The van der Waals surface area contributed by atoms with Gasteiger partial charge in [-0.15, -0.1) is 0 Å². The zero-order valence-corrected chi connectivity index (χ0v) is 15.1. The predicted molar refractivity (Wildman–Crippen MR) is 100 cm³/mol. The molecular weight excluding hydrogens is 324 g/mol. The number of phenolic OH excluding ortho intramolecular Hbond substituents is 1. The number of phenols is 1. The molecule has 5 rings (SSSR count). The first-order chi connectivity index (χ1) is 12.7. The number of hydrogen-bond acceptors (Lipinski definition) is 3. The maximum atomic E-state index is 9.99. The van der Waals surface area contributed by atoms with Gasteiger partial charge in [0.15, 0.2) is 5.79 Å². The monoisotopic (exact) mass is 350 g/mol. The van der Waals surface area contributed by atoms with Gasteiger partial charge in [0.1, 0.15) is 5.75 Å². The Labute approximate surface area is 155 Å². The fraction of sp³-hybridized carbons (Fsp3) is 0.478. The highest BCUT2D eigenvalue weighted by Gasteiger charge is 2.54. The van der Waals surface area contributed by atoms with Crippen LogP contribution in [0.5, 0.6) is 5.75 Å². The van der Waals surface area contributed by atoms with Crippen LogP contribution in [0.4, 0.5) is 0 Å². The largest absolute Gasteiger partial charge is 0.508 e. The van der Waals surface area contributed by atoms with Crippen LogP contribution in [-0.2, 0) is 27.7 Å². The normalized spacial score (nSPS) is 29.3. The number of hydrogen-bond donors (Lipinski definition) is 1. The molecule has 1 N–H and O–H groups in total. The van der Waals surface area contributed by atoms with E-state index >= 15 is 0 Å². The number of benzene rings is 2. The van der Waals surface area contributed by atoms with E-state index in [4.69, 9.17) is 9.47 Å². The Hall–Kier alpha value is -1.84. The van der Waals surface area contributed by atoms with Crippen LogP contribution in [0.1, 0.15) is 42.4 Å². The van der Waals surface area contributed by atoms with Crippen molar-refractivity contribution < 1.29 is 14.6 Å². The molecular formula is C23H26O3. The molecule has 136 valence electrons. The van der Waals surface area contributed by atoms with Crippen LogP contribution in [0, 0.1) is 5.92 Å². The van der Waals surface area contributed by atoms with Gasteiger partial charge < -0.3 is 14.6 Å². The lowest BCUT2D eigenvalue weighted by Crippen LogP contribution is -2.51. The molecule has 2 aromatic carbocycles. The Morgan fingerprint density at radius 2 is 1.81 bits per heavy atom.